The van der Waals surface area contributed by atoms with Crippen molar-refractivity contribution < 1.29 is 23.1 Å². The topological polar surface area (TPSA) is 70.7 Å². The fourth-order valence-corrected chi connectivity index (χ4v) is 2.60. The average molecular weight is 402 g/mol. The summed E-state index contributed by atoms with van der Waals surface area (Å²) in [7, 11) is 1.54. The minimum absolute atomic E-state index is 0.0177. The van der Waals surface area contributed by atoms with Crippen LogP contribution in [0.3, 0.4) is 0 Å². The van der Waals surface area contributed by atoms with Crippen molar-refractivity contribution in [3.05, 3.63) is 15.5 Å². The molecule has 1 aliphatic heterocycles. The van der Waals surface area contributed by atoms with Crippen LogP contribution in [0.25, 0.3) is 0 Å². The number of nitrogens with zero attached hydrogens (tertiary/aromatic N) is 4. The van der Waals surface area contributed by atoms with Gasteiger partial charge in [0.2, 0.25) is 0 Å². The zero-order valence-corrected chi connectivity index (χ0v) is 12.6. The fraction of sp³-hybridized carbons (Fsp3) is 0.500. The lowest BCUT2D eigenvalue weighted by Crippen LogP contribution is -2.56. The number of carbonyl (C=O) groups excluding carboxylic acids is 1. The molecule has 0 radical (unpaired) electrons. The standard InChI is InChI=1S/C10H10F3IN4O2/c1-5-3-9(20,10(11,12)13)18(15-5)8(19)7-6(14)4-17(2)16-7/h4,20H,3H2,1-2H3/t9-/m0/s1. The Morgan fingerprint density at radius 2 is 2.15 bits per heavy atom. The fourth-order valence-electron chi connectivity index (χ4n) is 1.86. The molecular formula is C10H10F3IN4O2. The first-order chi connectivity index (χ1) is 9.06. The van der Waals surface area contributed by atoms with Crippen LogP contribution < -0.4 is 0 Å². The van der Waals surface area contributed by atoms with Gasteiger partial charge in [0.1, 0.15) is 0 Å². The zero-order valence-electron chi connectivity index (χ0n) is 10.4. The first-order valence-corrected chi connectivity index (χ1v) is 6.51. The number of amides is 1. The van der Waals surface area contributed by atoms with E-state index < -0.39 is 24.2 Å². The SMILES string of the molecule is CC1=NN(C(=O)c2nn(C)cc2I)[C@@](O)(C(F)(F)F)C1. The summed E-state index contributed by atoms with van der Waals surface area (Å²) in [6.07, 6.45) is -4.30. The van der Waals surface area contributed by atoms with Crippen molar-refractivity contribution in [2.45, 2.75) is 25.2 Å². The maximum atomic E-state index is 13.0. The second-order valence-electron chi connectivity index (χ2n) is 4.44. The molecule has 2 heterocycles. The highest BCUT2D eigenvalue weighted by molar-refractivity contribution is 14.1. The predicted molar refractivity (Wildman–Crippen MR) is 70.8 cm³/mol. The quantitative estimate of drug-likeness (QED) is 0.724. The van der Waals surface area contributed by atoms with Crippen LogP contribution in [0, 0.1) is 3.57 Å². The second-order valence-corrected chi connectivity index (χ2v) is 5.60. The molecule has 0 aromatic carbocycles. The number of hydrogen-bond donors (Lipinski definition) is 1. The van der Waals surface area contributed by atoms with E-state index in [1.807, 2.05) is 0 Å². The molecule has 1 aromatic heterocycles. The highest BCUT2D eigenvalue weighted by atomic mass is 127. The third kappa shape index (κ3) is 2.30. The molecule has 2 rings (SSSR count). The van der Waals surface area contributed by atoms with Crippen molar-refractivity contribution in [3.63, 3.8) is 0 Å². The lowest BCUT2D eigenvalue weighted by molar-refractivity contribution is -0.297. The van der Waals surface area contributed by atoms with E-state index in [1.54, 1.807) is 22.6 Å². The molecule has 0 saturated carbocycles. The Balaban J connectivity index is 2.44. The predicted octanol–water partition coefficient (Wildman–Crippen LogP) is 1.50. The van der Waals surface area contributed by atoms with Gasteiger partial charge in [-0.3, -0.25) is 9.48 Å². The van der Waals surface area contributed by atoms with Gasteiger partial charge < -0.3 is 5.11 Å². The number of aliphatic hydroxyl groups is 1. The van der Waals surface area contributed by atoms with Gasteiger partial charge in [0, 0.05) is 25.4 Å². The Morgan fingerprint density at radius 1 is 1.55 bits per heavy atom. The summed E-state index contributed by atoms with van der Waals surface area (Å²) >= 11 is 1.78. The van der Waals surface area contributed by atoms with Crippen LogP contribution in [0.2, 0.25) is 0 Å². The third-order valence-electron chi connectivity index (χ3n) is 2.76. The van der Waals surface area contributed by atoms with E-state index >= 15 is 0 Å². The van der Waals surface area contributed by atoms with Gasteiger partial charge in [0.25, 0.3) is 11.6 Å². The molecule has 1 aromatic rings. The second kappa shape index (κ2) is 4.69. The number of aromatic nitrogens is 2. The Hall–Kier alpha value is -1.17. The maximum Gasteiger partial charge on any atom is 0.438 e. The molecule has 6 nitrogen and oxygen atoms in total. The summed E-state index contributed by atoms with van der Waals surface area (Å²) in [5, 5.41) is 17.2. The summed E-state index contributed by atoms with van der Waals surface area (Å²) in [5.74, 6) is -1.09. The number of rotatable bonds is 1. The van der Waals surface area contributed by atoms with Gasteiger partial charge in [-0.2, -0.15) is 28.4 Å². The van der Waals surface area contributed by atoms with E-state index in [0.717, 1.165) is 0 Å². The van der Waals surface area contributed by atoms with E-state index in [-0.39, 0.29) is 16.4 Å². The van der Waals surface area contributed by atoms with Gasteiger partial charge >= 0.3 is 6.18 Å². The van der Waals surface area contributed by atoms with Crippen LogP contribution in [0.1, 0.15) is 23.8 Å². The van der Waals surface area contributed by atoms with E-state index in [0.29, 0.717) is 3.57 Å². The summed E-state index contributed by atoms with van der Waals surface area (Å²) in [4.78, 5) is 12.2. The molecule has 1 amide bonds. The Kier molecular flexibility index (Phi) is 3.57. The number of halogens is 4. The highest BCUT2D eigenvalue weighted by Gasteiger charge is 2.63. The minimum atomic E-state index is -5.01. The van der Waals surface area contributed by atoms with E-state index in [2.05, 4.69) is 10.2 Å². The van der Waals surface area contributed by atoms with Crippen molar-refractivity contribution in [2.24, 2.45) is 12.1 Å². The molecule has 10 heteroatoms. The Morgan fingerprint density at radius 3 is 2.60 bits per heavy atom. The van der Waals surface area contributed by atoms with Crippen LogP contribution in [0.15, 0.2) is 11.3 Å². The van der Waals surface area contributed by atoms with Crippen molar-refractivity contribution >= 4 is 34.2 Å². The molecule has 1 aliphatic rings. The van der Waals surface area contributed by atoms with Crippen molar-refractivity contribution in [1.29, 1.82) is 0 Å². The molecular weight excluding hydrogens is 392 g/mol. The van der Waals surface area contributed by atoms with Gasteiger partial charge in [0.05, 0.1) is 3.57 Å². The smallest absolute Gasteiger partial charge is 0.362 e. The molecule has 0 saturated heterocycles. The monoisotopic (exact) mass is 402 g/mol. The number of hydrazone groups is 1. The van der Waals surface area contributed by atoms with Crippen LogP contribution in [-0.2, 0) is 7.05 Å². The number of hydrogen-bond acceptors (Lipinski definition) is 4. The molecule has 20 heavy (non-hydrogen) atoms. The van der Waals surface area contributed by atoms with Crippen LogP contribution in [0.4, 0.5) is 13.2 Å². The largest absolute Gasteiger partial charge is 0.438 e. The summed E-state index contributed by atoms with van der Waals surface area (Å²) < 4.78 is 40.7. The van der Waals surface area contributed by atoms with E-state index in [9.17, 15) is 23.1 Å². The van der Waals surface area contributed by atoms with Crippen molar-refractivity contribution in [2.75, 3.05) is 0 Å². The molecule has 1 atom stereocenters. The molecule has 110 valence electrons. The summed E-state index contributed by atoms with van der Waals surface area (Å²) in [6.45, 7) is 1.31. The Bertz CT molecular complexity index is 598. The number of carbonyl (C=O) groups is 1. The van der Waals surface area contributed by atoms with E-state index in [4.69, 9.17) is 0 Å². The lowest BCUT2D eigenvalue weighted by Gasteiger charge is -2.32. The molecule has 0 spiro atoms. The van der Waals surface area contributed by atoms with Crippen LogP contribution >= 0.6 is 22.6 Å². The molecule has 0 unspecified atom stereocenters. The maximum absolute atomic E-state index is 13.0. The highest BCUT2D eigenvalue weighted by Crippen LogP contribution is 2.40. The summed E-state index contributed by atoms with van der Waals surface area (Å²) in [5.41, 5.74) is -3.49. The zero-order chi connectivity index (χ0) is 15.3. The molecule has 0 bridgehead atoms. The van der Waals surface area contributed by atoms with Gasteiger partial charge in [-0.1, -0.05) is 0 Å². The summed E-state index contributed by atoms with van der Waals surface area (Å²) in [6, 6.07) is 0. The first-order valence-electron chi connectivity index (χ1n) is 5.43. The van der Waals surface area contributed by atoms with Gasteiger partial charge in [-0.25, -0.2) is 0 Å². The third-order valence-corrected chi connectivity index (χ3v) is 3.55. The molecule has 0 fully saturated rings. The van der Waals surface area contributed by atoms with Gasteiger partial charge in [-0.05, 0) is 29.5 Å². The Labute approximate surface area is 125 Å². The van der Waals surface area contributed by atoms with Gasteiger partial charge in [0.15, 0.2) is 5.69 Å². The van der Waals surface area contributed by atoms with E-state index in [1.165, 1.54) is 24.9 Å². The van der Waals surface area contributed by atoms with Crippen molar-refractivity contribution in [3.8, 4) is 0 Å². The number of aryl methyl sites for hydroxylation is 1. The lowest BCUT2D eigenvalue weighted by atomic mass is 10.1. The van der Waals surface area contributed by atoms with Crippen molar-refractivity contribution in [1.82, 2.24) is 14.8 Å². The molecule has 1 N–H and O–H groups in total. The number of alkyl halides is 3. The van der Waals surface area contributed by atoms with Crippen LogP contribution in [0.5, 0.6) is 0 Å². The normalized spacial score (nSPS) is 23.1. The first kappa shape index (κ1) is 15.2. The average Bonchev–Trinajstić information content (AvgIpc) is 2.77. The minimum Gasteiger partial charge on any atom is -0.362 e. The van der Waals surface area contributed by atoms with Crippen LogP contribution in [-0.4, -0.2) is 43.4 Å². The molecule has 0 aliphatic carbocycles. The van der Waals surface area contributed by atoms with Gasteiger partial charge in [-0.15, -0.1) is 0 Å².